The highest BCUT2D eigenvalue weighted by atomic mass is 16.7. The molecule has 3 amide bonds. The average Bonchev–Trinajstić information content (AvgIpc) is 3.43. The highest BCUT2D eigenvalue weighted by molar-refractivity contribution is 5.97. The fourth-order valence-electron chi connectivity index (χ4n) is 6.12. The van der Waals surface area contributed by atoms with Gasteiger partial charge in [0.15, 0.2) is 5.82 Å². The summed E-state index contributed by atoms with van der Waals surface area (Å²) in [4.78, 5) is 65.7. The Labute approximate surface area is 262 Å². The Morgan fingerprint density at radius 2 is 1.76 bits per heavy atom. The Hall–Kier alpha value is -4.42. The number of nitrogens with one attached hydrogen (secondary N) is 1. The second-order valence-corrected chi connectivity index (χ2v) is 12.4. The van der Waals surface area contributed by atoms with Crippen molar-refractivity contribution in [2.24, 2.45) is 17.8 Å². The van der Waals surface area contributed by atoms with E-state index in [1.54, 1.807) is 15.9 Å². The van der Waals surface area contributed by atoms with E-state index in [4.69, 9.17) is 19.6 Å². The molecule has 45 heavy (non-hydrogen) atoms. The molecule has 13 heteroatoms. The van der Waals surface area contributed by atoms with Crippen LogP contribution in [0, 0.1) is 17.8 Å². The molecule has 5 atom stereocenters. The molecular formula is C32H42N6O7. The third-order valence-electron chi connectivity index (χ3n) is 8.77. The molecule has 3 aliphatic rings. The minimum Gasteiger partial charge on any atom is -0.450 e. The number of hydrogen-bond donors (Lipinski definition) is 2. The van der Waals surface area contributed by atoms with Gasteiger partial charge in [0.2, 0.25) is 5.91 Å². The standard InChI is InChI=1S/C32H42N6O7/c1-5-6-14-44-31(41)38-13-12-36(16-20(38)4)30(40)26(19(2)3)35-29(39)24-15-25(34-28(33-24)21-10-8-7-9-11-21)37-17-22-23(18-37)27(22)45-32(42)43/h7-11,15,19-20,22-23,26-27H,5-6,12-14,16-18H2,1-4H3,(H,35,39)(H,42,43)/t20-,22-,23+,26+,27-/m1/s1. The molecule has 1 aromatic carbocycles. The van der Waals surface area contributed by atoms with Crippen molar-refractivity contribution < 1.29 is 33.8 Å². The molecule has 2 N–H and O–H groups in total. The van der Waals surface area contributed by atoms with Crippen LogP contribution in [0.5, 0.6) is 0 Å². The number of unbranched alkanes of at least 4 members (excludes halogenated alkanes) is 1. The summed E-state index contributed by atoms with van der Waals surface area (Å²) in [6, 6.07) is 9.91. The van der Waals surface area contributed by atoms with E-state index in [0.29, 0.717) is 51.0 Å². The first-order chi connectivity index (χ1) is 21.6. The first-order valence-corrected chi connectivity index (χ1v) is 15.7. The minimum atomic E-state index is -1.27. The number of amides is 3. The van der Waals surface area contributed by atoms with Crippen LogP contribution in [-0.4, -0.2) is 106 Å². The minimum absolute atomic E-state index is 0.0810. The van der Waals surface area contributed by atoms with Crippen LogP contribution in [0.3, 0.4) is 0 Å². The maximum absolute atomic E-state index is 13.7. The molecule has 0 unspecified atom stereocenters. The number of carbonyl (C=O) groups is 4. The molecule has 0 bridgehead atoms. The van der Waals surface area contributed by atoms with Gasteiger partial charge < -0.3 is 34.6 Å². The van der Waals surface area contributed by atoms with Gasteiger partial charge in [-0.05, 0) is 19.3 Å². The number of carboxylic acid groups (broad SMARTS) is 1. The van der Waals surface area contributed by atoms with Gasteiger partial charge in [-0.15, -0.1) is 0 Å². The van der Waals surface area contributed by atoms with Crippen LogP contribution in [0.25, 0.3) is 11.4 Å². The lowest BCUT2D eigenvalue weighted by Crippen LogP contribution is -2.60. The van der Waals surface area contributed by atoms with Crippen molar-refractivity contribution in [1.82, 2.24) is 25.1 Å². The van der Waals surface area contributed by atoms with E-state index >= 15 is 0 Å². The van der Waals surface area contributed by atoms with E-state index in [0.717, 1.165) is 18.4 Å². The summed E-state index contributed by atoms with van der Waals surface area (Å²) in [6.07, 6.45) is -0.224. The van der Waals surface area contributed by atoms with E-state index < -0.39 is 18.1 Å². The molecule has 1 saturated carbocycles. The number of carbonyl (C=O) groups excluding carboxylic acids is 3. The number of rotatable bonds is 10. The predicted molar refractivity (Wildman–Crippen MR) is 165 cm³/mol. The molecule has 1 aromatic heterocycles. The molecule has 13 nitrogen and oxygen atoms in total. The number of benzene rings is 1. The summed E-state index contributed by atoms with van der Waals surface area (Å²) in [6.45, 7) is 10.2. The van der Waals surface area contributed by atoms with Crippen molar-refractivity contribution >= 4 is 29.9 Å². The predicted octanol–water partition coefficient (Wildman–Crippen LogP) is 3.50. The van der Waals surface area contributed by atoms with Gasteiger partial charge in [0.1, 0.15) is 23.7 Å². The Bertz CT molecular complexity index is 1390. The Balaban J connectivity index is 1.29. The number of ether oxygens (including phenoxy) is 2. The maximum atomic E-state index is 13.7. The molecule has 0 spiro atoms. The first-order valence-electron chi connectivity index (χ1n) is 15.7. The van der Waals surface area contributed by atoms with E-state index in [1.807, 2.05) is 62.9 Å². The van der Waals surface area contributed by atoms with Crippen LogP contribution >= 0.6 is 0 Å². The third-order valence-corrected chi connectivity index (χ3v) is 8.77. The number of fused-ring (bicyclic) bond motifs is 1. The Morgan fingerprint density at radius 1 is 1.04 bits per heavy atom. The number of aromatic nitrogens is 2. The highest BCUT2D eigenvalue weighted by Crippen LogP contribution is 2.48. The summed E-state index contributed by atoms with van der Waals surface area (Å²) in [5.74, 6) is 0.172. The van der Waals surface area contributed by atoms with Crippen molar-refractivity contribution in [2.75, 3.05) is 44.2 Å². The van der Waals surface area contributed by atoms with Gasteiger partial charge in [-0.3, -0.25) is 9.59 Å². The van der Waals surface area contributed by atoms with Crippen LogP contribution in [0.15, 0.2) is 36.4 Å². The molecule has 5 rings (SSSR count). The van der Waals surface area contributed by atoms with Gasteiger partial charge >= 0.3 is 12.2 Å². The third kappa shape index (κ3) is 7.29. The van der Waals surface area contributed by atoms with Crippen LogP contribution in [0.4, 0.5) is 15.4 Å². The van der Waals surface area contributed by atoms with Gasteiger partial charge in [0.05, 0.1) is 6.61 Å². The first kappa shape index (κ1) is 32.0. The van der Waals surface area contributed by atoms with E-state index in [-0.39, 0.29) is 47.6 Å². The van der Waals surface area contributed by atoms with E-state index in [9.17, 15) is 19.2 Å². The normalized spacial score (nSPS) is 22.9. The molecule has 1 aliphatic carbocycles. The van der Waals surface area contributed by atoms with Crippen molar-refractivity contribution in [3.8, 4) is 11.4 Å². The zero-order chi connectivity index (χ0) is 32.2. The monoisotopic (exact) mass is 622 g/mol. The van der Waals surface area contributed by atoms with Crippen molar-refractivity contribution in [3.63, 3.8) is 0 Å². The lowest BCUT2D eigenvalue weighted by molar-refractivity contribution is -0.137. The highest BCUT2D eigenvalue weighted by Gasteiger charge is 2.59. The Kier molecular flexibility index (Phi) is 9.74. The molecule has 2 aromatic rings. The second-order valence-electron chi connectivity index (χ2n) is 12.4. The molecule has 2 aliphatic heterocycles. The molecule has 242 valence electrons. The van der Waals surface area contributed by atoms with Gasteiger partial charge in [0, 0.05) is 62.2 Å². The number of anilines is 1. The Morgan fingerprint density at radius 3 is 2.38 bits per heavy atom. The topological polar surface area (TPSA) is 154 Å². The number of nitrogens with zero attached hydrogens (tertiary/aromatic N) is 5. The largest absolute Gasteiger partial charge is 0.506 e. The quantitative estimate of drug-likeness (QED) is 0.297. The smallest absolute Gasteiger partial charge is 0.450 e. The lowest BCUT2D eigenvalue weighted by Gasteiger charge is -2.40. The maximum Gasteiger partial charge on any atom is 0.506 e. The summed E-state index contributed by atoms with van der Waals surface area (Å²) in [7, 11) is 0. The summed E-state index contributed by atoms with van der Waals surface area (Å²) in [5.41, 5.74) is 0.866. The second kappa shape index (κ2) is 13.7. The van der Waals surface area contributed by atoms with Gasteiger partial charge in [-0.2, -0.15) is 0 Å². The molecular weight excluding hydrogens is 580 g/mol. The van der Waals surface area contributed by atoms with Gasteiger partial charge in [0.25, 0.3) is 5.91 Å². The van der Waals surface area contributed by atoms with Crippen LogP contribution < -0.4 is 10.2 Å². The van der Waals surface area contributed by atoms with Crippen LogP contribution in [0.1, 0.15) is 51.0 Å². The van der Waals surface area contributed by atoms with Gasteiger partial charge in [-0.25, -0.2) is 19.6 Å². The zero-order valence-corrected chi connectivity index (χ0v) is 26.2. The molecule has 2 saturated heterocycles. The van der Waals surface area contributed by atoms with E-state index in [2.05, 4.69) is 10.3 Å². The number of piperidine rings is 1. The van der Waals surface area contributed by atoms with Gasteiger partial charge in [-0.1, -0.05) is 57.5 Å². The molecule has 0 radical (unpaired) electrons. The van der Waals surface area contributed by atoms with Crippen molar-refractivity contribution in [3.05, 3.63) is 42.1 Å². The zero-order valence-electron chi connectivity index (χ0n) is 26.2. The molecule has 3 heterocycles. The fourth-order valence-corrected chi connectivity index (χ4v) is 6.12. The summed E-state index contributed by atoms with van der Waals surface area (Å²) >= 11 is 0. The van der Waals surface area contributed by atoms with Crippen LogP contribution in [-0.2, 0) is 14.3 Å². The summed E-state index contributed by atoms with van der Waals surface area (Å²) in [5, 5.41) is 11.9. The fraction of sp³-hybridized carbons (Fsp3) is 0.562. The SMILES string of the molecule is CCCCOC(=O)N1CCN(C(=O)[C@@H](NC(=O)c2cc(N3C[C@@H]4[C@H](C3)[C@@H]4OC(=O)O)nc(-c3ccccc3)n2)C(C)C)C[C@H]1C. The van der Waals surface area contributed by atoms with Crippen molar-refractivity contribution in [1.29, 1.82) is 0 Å². The molecule has 3 fully saturated rings. The number of piperazine rings is 1. The lowest BCUT2D eigenvalue weighted by atomic mass is 10.0. The number of hydrogen-bond acceptors (Lipinski definition) is 9. The van der Waals surface area contributed by atoms with Crippen molar-refractivity contribution in [2.45, 2.75) is 58.7 Å². The summed E-state index contributed by atoms with van der Waals surface area (Å²) < 4.78 is 10.4. The van der Waals surface area contributed by atoms with Crippen LogP contribution in [0.2, 0.25) is 0 Å². The average molecular weight is 623 g/mol. The van der Waals surface area contributed by atoms with E-state index in [1.165, 1.54) is 0 Å².